The first kappa shape index (κ1) is 27.0. The Kier molecular flexibility index (Phi) is 12.3. The highest BCUT2D eigenvalue weighted by molar-refractivity contribution is 14.0. The molecule has 1 aliphatic rings. The van der Waals surface area contributed by atoms with E-state index in [9.17, 15) is 13.6 Å². The predicted molar refractivity (Wildman–Crippen MR) is 125 cm³/mol. The Labute approximate surface area is 198 Å². The van der Waals surface area contributed by atoms with Crippen LogP contribution >= 0.6 is 24.0 Å². The molecule has 31 heavy (non-hydrogen) atoms. The number of amides is 1. The van der Waals surface area contributed by atoms with Gasteiger partial charge in [0.1, 0.15) is 0 Å². The Morgan fingerprint density at radius 1 is 1.29 bits per heavy atom. The summed E-state index contributed by atoms with van der Waals surface area (Å²) in [5.41, 5.74) is 0.831. The molecule has 176 valence electrons. The van der Waals surface area contributed by atoms with Gasteiger partial charge in [-0.05, 0) is 43.9 Å². The van der Waals surface area contributed by atoms with Crippen molar-refractivity contribution in [3.8, 4) is 11.5 Å². The molecule has 0 saturated carbocycles. The number of hydrogen-bond donors (Lipinski definition) is 2. The molecule has 1 amide bonds. The molecule has 2 rings (SSSR count). The third kappa shape index (κ3) is 8.91. The number of aliphatic imine (C=N–C) groups is 1. The highest BCUT2D eigenvalue weighted by Gasteiger charge is 2.24. The van der Waals surface area contributed by atoms with E-state index < -0.39 is 6.61 Å². The molecule has 11 heteroatoms. The number of likely N-dealkylation sites (tertiary alicyclic amines) is 1. The first-order chi connectivity index (χ1) is 14.5. The Morgan fingerprint density at radius 2 is 2.00 bits per heavy atom. The van der Waals surface area contributed by atoms with Crippen LogP contribution in [0.5, 0.6) is 11.5 Å². The first-order valence-electron chi connectivity index (χ1n) is 9.97. The lowest BCUT2D eigenvalue weighted by molar-refractivity contribution is -0.0512. The maximum absolute atomic E-state index is 12.6. The molecular weight excluding hydrogens is 525 g/mol. The van der Waals surface area contributed by atoms with Crippen LogP contribution < -0.4 is 20.1 Å². The van der Waals surface area contributed by atoms with E-state index in [1.165, 1.54) is 7.11 Å². The van der Waals surface area contributed by atoms with Crippen LogP contribution in [0.4, 0.5) is 13.6 Å². The molecule has 0 radical (unpaired) electrons. The van der Waals surface area contributed by atoms with Gasteiger partial charge in [0.15, 0.2) is 17.5 Å². The summed E-state index contributed by atoms with van der Waals surface area (Å²) in [6.45, 7) is 1.07. The Balaban J connectivity index is 0.00000480. The van der Waals surface area contributed by atoms with Crippen molar-refractivity contribution in [2.75, 3.05) is 40.4 Å². The average Bonchev–Trinajstić information content (AvgIpc) is 2.73. The minimum atomic E-state index is -2.91. The van der Waals surface area contributed by atoms with Crippen LogP contribution in [0.1, 0.15) is 25.3 Å². The van der Waals surface area contributed by atoms with E-state index in [4.69, 9.17) is 9.47 Å². The van der Waals surface area contributed by atoms with E-state index in [0.29, 0.717) is 38.6 Å². The lowest BCUT2D eigenvalue weighted by Gasteiger charge is -2.32. The predicted octanol–water partition coefficient (Wildman–Crippen LogP) is 3.24. The number of methoxy groups -OCH3 is 1. The third-order valence-corrected chi connectivity index (χ3v) is 4.74. The second kappa shape index (κ2) is 14.1. The summed E-state index contributed by atoms with van der Waals surface area (Å²) in [5.74, 6) is 0.932. The number of benzene rings is 1. The van der Waals surface area contributed by atoms with Gasteiger partial charge in [-0.1, -0.05) is 6.07 Å². The Bertz CT molecular complexity index is 716. The average molecular weight is 556 g/mol. The van der Waals surface area contributed by atoms with Gasteiger partial charge in [-0.2, -0.15) is 8.78 Å². The molecule has 1 aromatic carbocycles. The topological polar surface area (TPSA) is 84.4 Å². The molecule has 0 bridgehead atoms. The molecule has 0 aliphatic carbocycles. The molecule has 1 saturated heterocycles. The minimum Gasteiger partial charge on any atom is -0.493 e. The fourth-order valence-electron chi connectivity index (χ4n) is 3.20. The van der Waals surface area contributed by atoms with Gasteiger partial charge in [-0.25, -0.2) is 4.79 Å². The number of nitrogens with one attached hydrogen (secondary N) is 2. The van der Waals surface area contributed by atoms with Gasteiger partial charge in [0.2, 0.25) is 0 Å². The number of carbonyl (C=O) groups is 1. The number of halogens is 3. The molecule has 2 N–H and O–H groups in total. The van der Waals surface area contributed by atoms with Crippen molar-refractivity contribution >= 4 is 36.0 Å². The number of alkyl halides is 2. The summed E-state index contributed by atoms with van der Waals surface area (Å²) in [6.07, 6.45) is 1.91. The summed E-state index contributed by atoms with van der Waals surface area (Å²) in [6, 6.07) is 5.17. The van der Waals surface area contributed by atoms with Crippen molar-refractivity contribution in [2.45, 2.75) is 38.8 Å². The van der Waals surface area contributed by atoms with E-state index in [2.05, 4.69) is 20.4 Å². The molecule has 1 aromatic rings. The summed E-state index contributed by atoms with van der Waals surface area (Å²) in [7, 11) is 3.09. The van der Waals surface area contributed by atoms with E-state index in [1.54, 1.807) is 37.1 Å². The van der Waals surface area contributed by atoms with Crippen molar-refractivity contribution < 1.29 is 27.8 Å². The van der Waals surface area contributed by atoms with Gasteiger partial charge < -0.3 is 29.7 Å². The molecule has 0 spiro atoms. The van der Waals surface area contributed by atoms with Gasteiger partial charge in [0.05, 0.1) is 13.7 Å². The van der Waals surface area contributed by atoms with Crippen LogP contribution in [0.2, 0.25) is 0 Å². The lowest BCUT2D eigenvalue weighted by Crippen LogP contribution is -2.50. The molecule has 0 unspecified atom stereocenters. The zero-order valence-corrected chi connectivity index (χ0v) is 20.4. The maximum Gasteiger partial charge on any atom is 0.409 e. The maximum atomic E-state index is 12.6. The van der Waals surface area contributed by atoms with E-state index >= 15 is 0 Å². The smallest absolute Gasteiger partial charge is 0.409 e. The van der Waals surface area contributed by atoms with Crippen molar-refractivity contribution in [2.24, 2.45) is 4.99 Å². The summed E-state index contributed by atoms with van der Waals surface area (Å²) in [4.78, 5) is 17.7. The fraction of sp³-hybridized carbons (Fsp3) is 0.600. The Hall–Kier alpha value is -2.05. The molecule has 0 aromatic heterocycles. The molecule has 1 aliphatic heterocycles. The summed E-state index contributed by atoms with van der Waals surface area (Å²) < 4.78 is 39.7. The number of piperidine rings is 1. The van der Waals surface area contributed by atoms with Gasteiger partial charge in [0, 0.05) is 32.7 Å². The van der Waals surface area contributed by atoms with Gasteiger partial charge in [0.25, 0.3) is 0 Å². The second-order valence-corrected chi connectivity index (χ2v) is 6.72. The molecule has 1 heterocycles. The quantitative estimate of drug-likeness (QED) is 0.291. The standard InChI is InChI=1S/C20H30F2N4O4.HI/c1-4-29-20(27)26-11-8-15(9-12-26)25-19(23-2)24-10-7-14-5-6-16(28-3)17(13-14)30-18(21)22;/h5-6,13,15,18H,4,7-12H2,1-3H3,(H2,23,24,25);1H. The highest BCUT2D eigenvalue weighted by atomic mass is 127. The highest BCUT2D eigenvalue weighted by Crippen LogP contribution is 2.29. The fourth-order valence-corrected chi connectivity index (χ4v) is 3.20. The Morgan fingerprint density at radius 3 is 2.58 bits per heavy atom. The van der Waals surface area contributed by atoms with E-state index in [-0.39, 0.29) is 47.6 Å². The molecule has 0 atom stereocenters. The minimum absolute atomic E-state index is 0. The van der Waals surface area contributed by atoms with Gasteiger partial charge in [-0.3, -0.25) is 4.99 Å². The van der Waals surface area contributed by atoms with Crippen molar-refractivity contribution in [1.29, 1.82) is 0 Å². The van der Waals surface area contributed by atoms with Crippen LogP contribution in [-0.2, 0) is 11.2 Å². The van der Waals surface area contributed by atoms with Crippen LogP contribution in [0.25, 0.3) is 0 Å². The second-order valence-electron chi connectivity index (χ2n) is 6.72. The monoisotopic (exact) mass is 556 g/mol. The van der Waals surface area contributed by atoms with Gasteiger partial charge in [-0.15, -0.1) is 24.0 Å². The van der Waals surface area contributed by atoms with Crippen LogP contribution in [0.3, 0.4) is 0 Å². The van der Waals surface area contributed by atoms with Crippen molar-refractivity contribution in [3.63, 3.8) is 0 Å². The van der Waals surface area contributed by atoms with Crippen LogP contribution in [0, 0.1) is 0 Å². The normalized spacial score (nSPS) is 14.6. The van der Waals surface area contributed by atoms with E-state index in [0.717, 1.165) is 18.4 Å². The van der Waals surface area contributed by atoms with Crippen molar-refractivity contribution in [1.82, 2.24) is 15.5 Å². The lowest BCUT2D eigenvalue weighted by atomic mass is 10.1. The number of rotatable bonds is 8. The number of guanidine groups is 1. The SMILES string of the molecule is CCOC(=O)N1CCC(NC(=NC)NCCc2ccc(OC)c(OC(F)F)c2)CC1.I. The third-order valence-electron chi connectivity index (χ3n) is 4.74. The number of carbonyl (C=O) groups excluding carboxylic acids is 1. The van der Waals surface area contributed by atoms with Gasteiger partial charge >= 0.3 is 12.7 Å². The first-order valence-corrected chi connectivity index (χ1v) is 9.97. The summed E-state index contributed by atoms with van der Waals surface area (Å²) >= 11 is 0. The van der Waals surface area contributed by atoms with Crippen LogP contribution in [-0.4, -0.2) is 70.0 Å². The summed E-state index contributed by atoms with van der Waals surface area (Å²) in [5, 5.41) is 6.58. The zero-order valence-electron chi connectivity index (χ0n) is 18.0. The number of ether oxygens (including phenoxy) is 3. The molecule has 1 fully saturated rings. The van der Waals surface area contributed by atoms with Crippen LogP contribution in [0.15, 0.2) is 23.2 Å². The largest absolute Gasteiger partial charge is 0.493 e. The van der Waals surface area contributed by atoms with E-state index in [1.807, 2.05) is 0 Å². The molecule has 8 nitrogen and oxygen atoms in total. The number of hydrogen-bond acceptors (Lipinski definition) is 5. The zero-order chi connectivity index (χ0) is 21.9. The van der Waals surface area contributed by atoms with Crippen molar-refractivity contribution in [3.05, 3.63) is 23.8 Å². The molecular formula is C20H31F2IN4O4. The number of nitrogens with zero attached hydrogens (tertiary/aromatic N) is 2.